The lowest BCUT2D eigenvalue weighted by molar-refractivity contribution is -0.139. The van der Waals surface area contributed by atoms with Gasteiger partial charge >= 0.3 is 5.97 Å². The van der Waals surface area contributed by atoms with Crippen LogP contribution in [-0.4, -0.2) is 21.7 Å². The van der Waals surface area contributed by atoms with Gasteiger partial charge in [-0.05, 0) is 49.9 Å². The molecule has 1 aliphatic rings. The molecule has 0 aliphatic carbocycles. The smallest absolute Gasteiger partial charge is 0.338 e. The highest BCUT2D eigenvalue weighted by Crippen LogP contribution is 2.33. The number of carbonyl (C=O) groups is 1. The summed E-state index contributed by atoms with van der Waals surface area (Å²) in [6.45, 7) is 6.68. The Morgan fingerprint density at radius 3 is 2.56 bits per heavy atom. The van der Waals surface area contributed by atoms with Crippen LogP contribution in [0.25, 0.3) is 17.0 Å². The van der Waals surface area contributed by atoms with Gasteiger partial charge in [0.1, 0.15) is 6.04 Å². The van der Waals surface area contributed by atoms with E-state index in [-0.39, 0.29) is 12.2 Å². The maximum atomic E-state index is 14.0. The van der Waals surface area contributed by atoms with Gasteiger partial charge in [-0.3, -0.25) is 9.36 Å². The highest BCUT2D eigenvalue weighted by Gasteiger charge is 2.34. The minimum absolute atomic E-state index is 0.161. The molecule has 6 nitrogen and oxygen atoms in total. The summed E-state index contributed by atoms with van der Waals surface area (Å²) in [5, 5.41) is 3.05. The highest BCUT2D eigenvalue weighted by molar-refractivity contribution is 7.10. The molecular weight excluding hydrogens is 526 g/mol. The van der Waals surface area contributed by atoms with Gasteiger partial charge in [0.2, 0.25) is 0 Å². The van der Waals surface area contributed by atoms with Crippen molar-refractivity contribution in [2.45, 2.75) is 33.4 Å². The van der Waals surface area contributed by atoms with E-state index in [4.69, 9.17) is 9.73 Å². The van der Waals surface area contributed by atoms with E-state index in [9.17, 15) is 9.59 Å². The average molecular weight is 554 g/mol. The number of carbonyl (C=O) groups excluding carboxylic acids is 1. The predicted octanol–water partition coefficient (Wildman–Crippen LogP) is 5.17. The molecule has 5 aromatic rings. The van der Waals surface area contributed by atoms with Crippen molar-refractivity contribution >= 4 is 45.6 Å². The number of nitrogens with zero attached hydrogens (tertiary/aromatic N) is 3. The first-order valence-corrected chi connectivity index (χ1v) is 14.5. The molecule has 1 aliphatic heterocycles. The number of hydrogen-bond donors (Lipinski definition) is 0. The summed E-state index contributed by atoms with van der Waals surface area (Å²) in [6, 6.07) is 22.0. The zero-order chi connectivity index (χ0) is 27.1. The molecule has 2 aromatic carbocycles. The fraction of sp³-hybridized carbons (Fsp3) is 0.194. The zero-order valence-corrected chi connectivity index (χ0v) is 23.5. The van der Waals surface area contributed by atoms with Crippen LogP contribution in [0.5, 0.6) is 0 Å². The number of thiazole rings is 1. The Kier molecular flexibility index (Phi) is 6.66. The Morgan fingerprint density at radius 2 is 1.82 bits per heavy atom. The Morgan fingerprint density at radius 1 is 1.05 bits per heavy atom. The molecule has 0 radical (unpaired) electrons. The summed E-state index contributed by atoms with van der Waals surface area (Å²) in [4.78, 5) is 33.2. The van der Waals surface area contributed by atoms with E-state index >= 15 is 0 Å². The lowest BCUT2D eigenvalue weighted by Crippen LogP contribution is -2.39. The highest BCUT2D eigenvalue weighted by atomic mass is 32.1. The molecule has 0 saturated carbocycles. The molecule has 3 aromatic heterocycles. The number of ether oxygens (including phenoxy) is 1. The molecule has 6 rings (SSSR count). The van der Waals surface area contributed by atoms with Gasteiger partial charge in [-0.15, -0.1) is 11.3 Å². The van der Waals surface area contributed by atoms with E-state index in [0.717, 1.165) is 33.6 Å². The molecule has 8 heteroatoms. The quantitative estimate of drug-likeness (QED) is 0.273. The van der Waals surface area contributed by atoms with Crippen LogP contribution in [0, 0.1) is 6.92 Å². The number of rotatable bonds is 6. The summed E-state index contributed by atoms with van der Waals surface area (Å²) in [5.74, 6) is -0.439. The first-order chi connectivity index (χ1) is 19.0. The summed E-state index contributed by atoms with van der Waals surface area (Å²) < 4.78 is 9.91. The lowest BCUT2D eigenvalue weighted by Gasteiger charge is -2.23. The van der Waals surface area contributed by atoms with Crippen LogP contribution in [0.4, 0.5) is 0 Å². The van der Waals surface area contributed by atoms with Gasteiger partial charge in [0.05, 0.1) is 22.4 Å². The molecule has 1 unspecified atom stereocenters. The van der Waals surface area contributed by atoms with E-state index in [1.165, 1.54) is 28.2 Å². The number of benzene rings is 2. The Hall–Kier alpha value is -4.01. The van der Waals surface area contributed by atoms with Gasteiger partial charge in [-0.25, -0.2) is 9.79 Å². The van der Waals surface area contributed by atoms with Crippen LogP contribution in [0.3, 0.4) is 0 Å². The van der Waals surface area contributed by atoms with E-state index in [0.29, 0.717) is 20.6 Å². The molecule has 0 saturated heterocycles. The summed E-state index contributed by atoms with van der Waals surface area (Å²) in [7, 11) is 0. The van der Waals surface area contributed by atoms with Gasteiger partial charge in [0.25, 0.3) is 5.56 Å². The van der Waals surface area contributed by atoms with E-state index < -0.39 is 12.0 Å². The van der Waals surface area contributed by atoms with Crippen molar-refractivity contribution in [3.63, 3.8) is 0 Å². The molecule has 1 atom stereocenters. The Bertz CT molecular complexity index is 1910. The van der Waals surface area contributed by atoms with Crippen LogP contribution in [-0.2, 0) is 16.1 Å². The molecule has 0 spiro atoms. The number of allylic oxidation sites excluding steroid dienone is 1. The fourth-order valence-electron chi connectivity index (χ4n) is 5.25. The minimum atomic E-state index is -0.567. The standard InChI is InChI=1S/C31H27N3O3S2/c1-4-37-30(36)27-19(2)32-31-34(28(27)25-15-10-16-38-25)29(35)26(39-31)17-23-20(3)33(18-21-11-6-5-7-12-21)24-14-9-8-13-22(23)24/h5-17,28H,4,18H2,1-3H3/b26-17+. The molecule has 0 N–H and O–H groups in total. The topological polar surface area (TPSA) is 65.6 Å². The number of para-hydroxylation sites is 1. The normalized spacial score (nSPS) is 15.5. The van der Waals surface area contributed by atoms with Gasteiger partial charge in [0.15, 0.2) is 4.80 Å². The van der Waals surface area contributed by atoms with Crippen molar-refractivity contribution in [2.24, 2.45) is 4.99 Å². The summed E-state index contributed by atoms with van der Waals surface area (Å²) >= 11 is 2.87. The van der Waals surface area contributed by atoms with Gasteiger partial charge in [-0.2, -0.15) is 0 Å². The summed E-state index contributed by atoms with van der Waals surface area (Å²) in [6.07, 6.45) is 1.98. The van der Waals surface area contributed by atoms with Crippen LogP contribution in [0.1, 0.15) is 41.6 Å². The molecular formula is C31H27N3O3S2. The molecule has 0 bridgehead atoms. The largest absolute Gasteiger partial charge is 0.463 e. The fourth-order valence-corrected chi connectivity index (χ4v) is 7.10. The van der Waals surface area contributed by atoms with Crippen molar-refractivity contribution in [2.75, 3.05) is 6.61 Å². The van der Waals surface area contributed by atoms with Crippen molar-refractivity contribution in [1.82, 2.24) is 9.13 Å². The lowest BCUT2D eigenvalue weighted by atomic mass is 10.0. The Labute approximate surface area is 233 Å². The third-order valence-corrected chi connectivity index (χ3v) is 8.98. The number of esters is 1. The third-order valence-electron chi connectivity index (χ3n) is 7.07. The summed E-state index contributed by atoms with van der Waals surface area (Å²) in [5.41, 5.74) is 5.26. The van der Waals surface area contributed by atoms with Crippen LogP contribution < -0.4 is 14.9 Å². The second-order valence-corrected chi connectivity index (χ2v) is 11.4. The van der Waals surface area contributed by atoms with Crippen molar-refractivity contribution in [3.8, 4) is 0 Å². The molecule has 0 fully saturated rings. The maximum absolute atomic E-state index is 14.0. The monoisotopic (exact) mass is 553 g/mol. The van der Waals surface area contributed by atoms with Crippen molar-refractivity contribution < 1.29 is 9.53 Å². The molecule has 39 heavy (non-hydrogen) atoms. The number of aromatic nitrogens is 2. The van der Waals surface area contributed by atoms with Crippen molar-refractivity contribution in [1.29, 1.82) is 0 Å². The third kappa shape index (κ3) is 4.39. The average Bonchev–Trinajstić information content (AvgIpc) is 3.64. The van der Waals surface area contributed by atoms with Crippen molar-refractivity contribution in [3.05, 3.63) is 125 Å². The SMILES string of the molecule is CCOC(=O)C1=C(C)N=c2s/c(=C/c3c(C)n(Cc4ccccc4)c4ccccc34)c(=O)n2C1c1cccs1. The molecule has 196 valence electrons. The first-order valence-electron chi connectivity index (χ1n) is 12.8. The van der Waals surface area contributed by atoms with Gasteiger partial charge in [0, 0.05) is 33.6 Å². The second-order valence-electron chi connectivity index (χ2n) is 9.41. The Balaban J connectivity index is 1.54. The maximum Gasteiger partial charge on any atom is 0.338 e. The van der Waals surface area contributed by atoms with Gasteiger partial charge < -0.3 is 9.30 Å². The number of thiophene rings is 1. The minimum Gasteiger partial charge on any atom is -0.463 e. The van der Waals surface area contributed by atoms with E-state index in [1.807, 2.05) is 48.7 Å². The number of hydrogen-bond acceptors (Lipinski definition) is 6. The van der Waals surface area contributed by atoms with Gasteiger partial charge in [-0.1, -0.05) is 65.9 Å². The van der Waals surface area contributed by atoms with Crippen LogP contribution in [0.2, 0.25) is 0 Å². The molecule has 4 heterocycles. The first kappa shape index (κ1) is 25.3. The van der Waals surface area contributed by atoms with E-state index in [1.54, 1.807) is 11.5 Å². The molecule has 0 amide bonds. The van der Waals surface area contributed by atoms with E-state index in [2.05, 4.69) is 47.9 Å². The number of fused-ring (bicyclic) bond motifs is 2. The zero-order valence-electron chi connectivity index (χ0n) is 21.9. The van der Waals surface area contributed by atoms with Crippen LogP contribution in [0.15, 0.2) is 93.2 Å². The van der Waals surface area contributed by atoms with Crippen LogP contribution >= 0.6 is 22.7 Å². The predicted molar refractivity (Wildman–Crippen MR) is 157 cm³/mol. The second kappa shape index (κ2) is 10.3.